The van der Waals surface area contributed by atoms with Crippen LogP contribution in [0.5, 0.6) is 0 Å². The molecule has 0 atom stereocenters. The lowest BCUT2D eigenvalue weighted by Crippen LogP contribution is -2.52. The molecule has 2 saturated carbocycles. The van der Waals surface area contributed by atoms with Crippen molar-refractivity contribution in [2.24, 2.45) is 5.92 Å². The maximum absolute atomic E-state index is 4.93. The van der Waals surface area contributed by atoms with Gasteiger partial charge >= 0.3 is 0 Å². The predicted molar refractivity (Wildman–Crippen MR) is 141 cm³/mol. The normalized spacial score (nSPS) is 25.2. The topological polar surface area (TPSA) is 75.0 Å². The van der Waals surface area contributed by atoms with Crippen molar-refractivity contribution in [2.75, 3.05) is 38.0 Å². The fraction of sp³-hybridized carbons (Fsp3) is 0.704. The van der Waals surface area contributed by atoms with Crippen LogP contribution in [0, 0.1) is 5.92 Å². The summed E-state index contributed by atoms with van der Waals surface area (Å²) >= 11 is 0. The molecule has 1 N–H and O–H groups in total. The summed E-state index contributed by atoms with van der Waals surface area (Å²) in [6, 6.07) is 5.47. The van der Waals surface area contributed by atoms with Crippen LogP contribution in [0.4, 0.5) is 5.95 Å². The number of aromatic nitrogens is 5. The van der Waals surface area contributed by atoms with E-state index < -0.39 is 0 Å². The van der Waals surface area contributed by atoms with Gasteiger partial charge in [-0.15, -0.1) is 5.10 Å². The minimum atomic E-state index is 0.233. The lowest BCUT2D eigenvalue weighted by atomic mass is 9.90. The lowest BCUT2D eigenvalue weighted by Gasteiger charge is -2.42. The van der Waals surface area contributed by atoms with Gasteiger partial charge in [0.05, 0.1) is 0 Å². The minimum absolute atomic E-state index is 0.233. The number of fused-ring (bicyclic) bond motifs is 3. The van der Waals surface area contributed by atoms with Crippen LogP contribution in [0.25, 0.3) is 21.9 Å². The fourth-order valence-electron chi connectivity index (χ4n) is 6.59. The van der Waals surface area contributed by atoms with Gasteiger partial charge in [-0.1, -0.05) is 18.1 Å². The third-order valence-electron chi connectivity index (χ3n) is 8.62. The molecule has 8 nitrogen and oxygen atoms in total. The number of anilines is 1. The number of piperazine rings is 1. The van der Waals surface area contributed by atoms with E-state index in [1.165, 1.54) is 84.1 Å². The Bertz CT molecular complexity index is 1130. The first kappa shape index (κ1) is 23.1. The molecule has 2 aromatic heterocycles. The SMILES string of the molecule is CC(C)n1nnc2ccc3cnc(NC4CCC(N5CCN(CC6CCCC6)CC5)CC4)nc3c21. The molecule has 0 radical (unpaired) electrons. The summed E-state index contributed by atoms with van der Waals surface area (Å²) in [5.74, 6) is 1.70. The van der Waals surface area contributed by atoms with Crippen LogP contribution in [0.1, 0.15) is 71.3 Å². The van der Waals surface area contributed by atoms with Crippen molar-refractivity contribution in [2.45, 2.75) is 83.3 Å². The molecule has 1 saturated heterocycles. The molecule has 35 heavy (non-hydrogen) atoms. The summed E-state index contributed by atoms with van der Waals surface area (Å²) in [4.78, 5) is 15.1. The van der Waals surface area contributed by atoms with E-state index in [9.17, 15) is 0 Å². The molecule has 0 unspecified atom stereocenters. The summed E-state index contributed by atoms with van der Waals surface area (Å²) in [6.07, 6.45) is 12.7. The lowest BCUT2D eigenvalue weighted by molar-refractivity contribution is 0.0699. The van der Waals surface area contributed by atoms with Gasteiger partial charge in [0.1, 0.15) is 16.6 Å². The molecule has 188 valence electrons. The van der Waals surface area contributed by atoms with Gasteiger partial charge in [0, 0.05) is 62.4 Å². The van der Waals surface area contributed by atoms with Crippen LogP contribution in [0.2, 0.25) is 0 Å². The number of hydrogen-bond donors (Lipinski definition) is 1. The Morgan fingerprint density at radius 2 is 1.74 bits per heavy atom. The van der Waals surface area contributed by atoms with Crippen LogP contribution in [0.3, 0.4) is 0 Å². The van der Waals surface area contributed by atoms with Gasteiger partial charge in [0.25, 0.3) is 0 Å². The van der Waals surface area contributed by atoms with Crippen LogP contribution in [-0.2, 0) is 0 Å². The molecule has 0 spiro atoms. The van der Waals surface area contributed by atoms with Gasteiger partial charge in [-0.3, -0.25) is 4.90 Å². The second-order valence-electron chi connectivity index (χ2n) is 11.3. The fourth-order valence-corrected chi connectivity index (χ4v) is 6.59. The van der Waals surface area contributed by atoms with Crippen molar-refractivity contribution >= 4 is 27.9 Å². The Labute approximate surface area is 208 Å². The molecule has 3 aromatic rings. The zero-order chi connectivity index (χ0) is 23.8. The highest BCUT2D eigenvalue weighted by Gasteiger charge is 2.29. The Morgan fingerprint density at radius 1 is 0.971 bits per heavy atom. The van der Waals surface area contributed by atoms with Crippen molar-refractivity contribution in [3.8, 4) is 0 Å². The zero-order valence-electron chi connectivity index (χ0n) is 21.4. The second-order valence-corrected chi connectivity index (χ2v) is 11.3. The molecule has 1 aliphatic heterocycles. The largest absolute Gasteiger partial charge is 0.351 e. The second kappa shape index (κ2) is 9.97. The van der Waals surface area contributed by atoms with Gasteiger partial charge in [0.2, 0.25) is 5.95 Å². The highest BCUT2D eigenvalue weighted by Crippen LogP contribution is 2.29. The molecule has 8 heteroatoms. The Kier molecular flexibility index (Phi) is 6.58. The van der Waals surface area contributed by atoms with Crippen molar-refractivity contribution in [3.05, 3.63) is 18.3 Å². The third-order valence-corrected chi connectivity index (χ3v) is 8.62. The first-order valence-electron chi connectivity index (χ1n) is 13.9. The Morgan fingerprint density at radius 3 is 2.49 bits per heavy atom. The van der Waals surface area contributed by atoms with E-state index in [-0.39, 0.29) is 6.04 Å². The molecule has 3 fully saturated rings. The van der Waals surface area contributed by atoms with E-state index in [1.54, 1.807) is 0 Å². The molecule has 0 bridgehead atoms. The molecule has 1 aromatic carbocycles. The van der Waals surface area contributed by atoms with E-state index in [0.29, 0.717) is 6.04 Å². The number of nitrogens with one attached hydrogen (secondary N) is 1. The van der Waals surface area contributed by atoms with Crippen LogP contribution >= 0.6 is 0 Å². The predicted octanol–water partition coefficient (Wildman–Crippen LogP) is 4.49. The number of nitrogens with zero attached hydrogens (tertiary/aromatic N) is 7. The summed E-state index contributed by atoms with van der Waals surface area (Å²) in [5.41, 5.74) is 2.82. The number of hydrogen-bond acceptors (Lipinski definition) is 7. The maximum Gasteiger partial charge on any atom is 0.223 e. The van der Waals surface area contributed by atoms with Gasteiger partial charge < -0.3 is 10.2 Å². The highest BCUT2D eigenvalue weighted by atomic mass is 15.4. The van der Waals surface area contributed by atoms with Crippen molar-refractivity contribution < 1.29 is 0 Å². The summed E-state index contributed by atoms with van der Waals surface area (Å²) in [5, 5.41) is 13.4. The van der Waals surface area contributed by atoms with Crippen LogP contribution in [0.15, 0.2) is 18.3 Å². The van der Waals surface area contributed by atoms with Crippen molar-refractivity contribution in [1.82, 2.24) is 34.8 Å². The first-order valence-corrected chi connectivity index (χ1v) is 13.9. The Hall–Kier alpha value is -2.32. The summed E-state index contributed by atoms with van der Waals surface area (Å²) in [6.45, 7) is 10.6. The van der Waals surface area contributed by atoms with E-state index in [4.69, 9.17) is 4.98 Å². The van der Waals surface area contributed by atoms with E-state index in [1.807, 2.05) is 23.0 Å². The molecule has 3 heterocycles. The number of rotatable bonds is 6. The molecule has 0 amide bonds. The molecular formula is C27H40N8. The van der Waals surface area contributed by atoms with E-state index in [2.05, 4.69) is 44.3 Å². The first-order chi connectivity index (χ1) is 17.1. The molecular weight excluding hydrogens is 436 g/mol. The number of benzene rings is 1. The van der Waals surface area contributed by atoms with Crippen molar-refractivity contribution in [1.29, 1.82) is 0 Å². The molecule has 6 rings (SSSR count). The third kappa shape index (κ3) is 4.87. The van der Waals surface area contributed by atoms with Gasteiger partial charge in [-0.25, -0.2) is 14.6 Å². The zero-order valence-corrected chi connectivity index (χ0v) is 21.4. The van der Waals surface area contributed by atoms with Gasteiger partial charge in [-0.05, 0) is 70.4 Å². The highest BCUT2D eigenvalue weighted by molar-refractivity contribution is 6.01. The summed E-state index contributed by atoms with van der Waals surface area (Å²) < 4.78 is 1.97. The van der Waals surface area contributed by atoms with E-state index >= 15 is 0 Å². The quantitative estimate of drug-likeness (QED) is 0.562. The van der Waals surface area contributed by atoms with Gasteiger partial charge in [0.15, 0.2) is 0 Å². The summed E-state index contributed by atoms with van der Waals surface area (Å²) in [7, 11) is 0. The van der Waals surface area contributed by atoms with Crippen LogP contribution in [-0.4, -0.2) is 79.6 Å². The van der Waals surface area contributed by atoms with Gasteiger partial charge in [-0.2, -0.15) is 0 Å². The maximum atomic E-state index is 4.93. The Balaban J connectivity index is 1.05. The van der Waals surface area contributed by atoms with Crippen molar-refractivity contribution in [3.63, 3.8) is 0 Å². The van der Waals surface area contributed by atoms with E-state index in [0.717, 1.165) is 39.8 Å². The smallest absolute Gasteiger partial charge is 0.223 e. The minimum Gasteiger partial charge on any atom is -0.351 e. The molecule has 3 aliphatic rings. The average Bonchev–Trinajstić information content (AvgIpc) is 3.55. The molecule has 2 aliphatic carbocycles. The monoisotopic (exact) mass is 476 g/mol. The standard InChI is InChI=1S/C27H40N8/c1-19(2)35-26-24(31-32-35)12-7-21-17-28-27(30-25(21)26)29-22-8-10-23(11-9-22)34-15-13-33(14-16-34)18-20-5-3-4-6-20/h7,12,17,19-20,22-23H,3-6,8-11,13-16,18H2,1-2H3,(H,28,29,30). The average molecular weight is 477 g/mol. The van der Waals surface area contributed by atoms with Crippen LogP contribution < -0.4 is 5.32 Å².